The summed E-state index contributed by atoms with van der Waals surface area (Å²) in [6.45, 7) is 4.10. The molecule has 0 unspecified atom stereocenters. The van der Waals surface area contributed by atoms with Gasteiger partial charge in [-0.05, 0) is 52.4 Å². The van der Waals surface area contributed by atoms with Gasteiger partial charge in [-0.15, -0.1) is 0 Å². The first-order valence-corrected chi connectivity index (χ1v) is 8.01. The van der Waals surface area contributed by atoms with E-state index in [1.807, 2.05) is 42.5 Å². The minimum absolute atomic E-state index is 0.467. The van der Waals surface area contributed by atoms with E-state index in [1.54, 1.807) is 12.1 Å². The van der Waals surface area contributed by atoms with Gasteiger partial charge in [-0.1, -0.05) is 48.5 Å². The second kappa shape index (κ2) is 8.02. The van der Waals surface area contributed by atoms with Crippen molar-refractivity contribution in [3.63, 3.8) is 0 Å². The fourth-order valence-electron chi connectivity index (χ4n) is 1.89. The molecule has 0 aromatic heterocycles. The van der Waals surface area contributed by atoms with E-state index in [0.29, 0.717) is 17.2 Å². The molecular weight excluding hydrogens is 409 g/mol. The van der Waals surface area contributed by atoms with E-state index in [9.17, 15) is 5.26 Å². The van der Waals surface area contributed by atoms with Crippen molar-refractivity contribution >= 4 is 45.8 Å². The first-order valence-electron chi connectivity index (χ1n) is 6.55. The number of hydrogen-bond donors (Lipinski definition) is 0. The van der Waals surface area contributed by atoms with Crippen LogP contribution < -0.4 is 4.74 Å². The Morgan fingerprint density at radius 1 is 1.32 bits per heavy atom. The number of nitrogens with zero attached hydrogens (tertiary/aromatic N) is 1. The van der Waals surface area contributed by atoms with E-state index in [1.165, 1.54) is 0 Å². The largest absolute Gasteiger partial charge is 0.488 e. The van der Waals surface area contributed by atoms with E-state index >= 15 is 0 Å². The summed E-state index contributed by atoms with van der Waals surface area (Å²) in [4.78, 5) is 0. The molecule has 0 amide bonds. The molecule has 2 rings (SSSR count). The summed E-state index contributed by atoms with van der Waals surface area (Å²) in [5, 5.41) is 9.96. The predicted molar refractivity (Wildman–Crippen MR) is 99.8 cm³/mol. The van der Waals surface area contributed by atoms with Crippen molar-refractivity contribution in [1.82, 2.24) is 0 Å². The quantitative estimate of drug-likeness (QED) is 0.273. The maximum Gasteiger partial charge on any atom is 0.133 e. The van der Waals surface area contributed by atoms with Gasteiger partial charge in [0.05, 0.1) is 15.2 Å². The number of ether oxygens (including phenoxy) is 1. The summed E-state index contributed by atoms with van der Waals surface area (Å²) in [5.74, 6) is 0.800. The molecule has 0 bridgehead atoms. The molecule has 0 aliphatic heterocycles. The highest BCUT2D eigenvalue weighted by Crippen LogP contribution is 2.27. The lowest BCUT2D eigenvalue weighted by Crippen LogP contribution is -1.95. The van der Waals surface area contributed by atoms with Crippen LogP contribution in [0.15, 0.2) is 55.1 Å². The highest BCUT2D eigenvalue weighted by Gasteiger charge is 2.07. The van der Waals surface area contributed by atoms with Crippen molar-refractivity contribution in [1.29, 1.82) is 5.26 Å². The summed E-state index contributed by atoms with van der Waals surface area (Å²) >= 11 is 8.36. The van der Waals surface area contributed by atoms with Crippen LogP contribution in [0.1, 0.15) is 11.1 Å². The Balaban J connectivity index is 2.35. The summed E-state index contributed by atoms with van der Waals surface area (Å²) < 4.78 is 6.52. The number of rotatable bonds is 5. The topological polar surface area (TPSA) is 33.0 Å². The molecule has 0 aliphatic carbocycles. The monoisotopic (exact) mass is 421 g/mol. The van der Waals surface area contributed by atoms with Crippen LogP contribution in [-0.4, -0.2) is 6.61 Å². The molecule has 0 spiro atoms. The number of nitriles is 1. The third kappa shape index (κ3) is 4.12. The number of benzene rings is 2. The Hall–Kier alpha value is -1.77. The fourth-order valence-corrected chi connectivity index (χ4v) is 2.82. The van der Waals surface area contributed by atoms with Gasteiger partial charge in [-0.3, -0.25) is 0 Å². The smallest absolute Gasteiger partial charge is 0.133 e. The van der Waals surface area contributed by atoms with Crippen LogP contribution in [0, 0.1) is 14.9 Å². The van der Waals surface area contributed by atoms with E-state index in [0.717, 1.165) is 20.4 Å². The molecule has 0 radical (unpaired) electrons. The molecule has 22 heavy (non-hydrogen) atoms. The van der Waals surface area contributed by atoms with Gasteiger partial charge in [-0.25, -0.2) is 0 Å². The molecule has 0 fully saturated rings. The van der Waals surface area contributed by atoms with Crippen LogP contribution in [0.25, 0.3) is 11.6 Å². The van der Waals surface area contributed by atoms with Gasteiger partial charge >= 0.3 is 0 Å². The first kappa shape index (κ1) is 16.6. The van der Waals surface area contributed by atoms with Crippen LogP contribution in [-0.2, 0) is 0 Å². The molecule has 110 valence electrons. The lowest BCUT2D eigenvalue weighted by atomic mass is 10.0. The Kier molecular flexibility index (Phi) is 6.05. The van der Waals surface area contributed by atoms with Crippen LogP contribution in [0.5, 0.6) is 5.75 Å². The number of allylic oxidation sites excluding steroid dienone is 1. The molecule has 0 heterocycles. The van der Waals surface area contributed by atoms with Crippen molar-refractivity contribution in [2.45, 2.75) is 0 Å². The molecule has 0 atom stereocenters. The second-order valence-corrected chi connectivity index (χ2v) is 6.01. The Bertz CT molecular complexity index is 762. The zero-order valence-electron chi connectivity index (χ0n) is 11.7. The lowest BCUT2D eigenvalue weighted by Gasteiger charge is -2.07. The normalized spacial score (nSPS) is 10.9. The maximum absolute atomic E-state index is 9.39. The molecule has 2 nitrogen and oxygen atoms in total. The Morgan fingerprint density at radius 3 is 2.73 bits per heavy atom. The van der Waals surface area contributed by atoms with Gasteiger partial charge in [0.15, 0.2) is 0 Å². The lowest BCUT2D eigenvalue weighted by molar-refractivity contribution is 0.360. The average molecular weight is 422 g/mol. The van der Waals surface area contributed by atoms with Gasteiger partial charge in [0.25, 0.3) is 0 Å². The summed E-state index contributed by atoms with van der Waals surface area (Å²) in [7, 11) is 0. The Morgan fingerprint density at radius 2 is 2.09 bits per heavy atom. The molecule has 2 aromatic rings. The summed E-state index contributed by atoms with van der Waals surface area (Å²) in [6, 6.07) is 15.3. The summed E-state index contributed by atoms with van der Waals surface area (Å²) in [5.41, 5.74) is 2.18. The van der Waals surface area contributed by atoms with E-state index in [-0.39, 0.29) is 0 Å². The fraction of sp³-hybridized carbons (Fsp3) is 0.0556. The molecular formula is C18H13ClINO. The molecule has 2 aromatic carbocycles. The summed E-state index contributed by atoms with van der Waals surface area (Å²) in [6.07, 6.45) is 3.52. The van der Waals surface area contributed by atoms with Crippen molar-refractivity contribution in [3.8, 4) is 11.8 Å². The second-order valence-electron chi connectivity index (χ2n) is 4.44. The zero-order chi connectivity index (χ0) is 15.9. The third-order valence-electron chi connectivity index (χ3n) is 2.91. The van der Waals surface area contributed by atoms with Crippen molar-refractivity contribution in [2.24, 2.45) is 0 Å². The molecule has 0 saturated heterocycles. The van der Waals surface area contributed by atoms with Gasteiger partial charge in [0.2, 0.25) is 0 Å². The molecule has 4 heteroatoms. The zero-order valence-corrected chi connectivity index (χ0v) is 14.6. The van der Waals surface area contributed by atoms with Crippen molar-refractivity contribution < 1.29 is 4.74 Å². The van der Waals surface area contributed by atoms with E-state index in [4.69, 9.17) is 16.3 Å². The molecule has 0 N–H and O–H groups in total. The van der Waals surface area contributed by atoms with Crippen molar-refractivity contribution in [3.05, 3.63) is 74.8 Å². The number of hydrogen-bond acceptors (Lipinski definition) is 2. The minimum atomic E-state index is 0.467. The number of halogens is 2. The minimum Gasteiger partial charge on any atom is -0.488 e. The van der Waals surface area contributed by atoms with E-state index in [2.05, 4.69) is 35.2 Å². The SMILES string of the molecule is C=CCOc1ccc(C=C(C#N)c2ccccc2Cl)cc1I. The highest BCUT2D eigenvalue weighted by molar-refractivity contribution is 14.1. The van der Waals surface area contributed by atoms with Crippen LogP contribution in [0.4, 0.5) is 0 Å². The van der Waals surface area contributed by atoms with Gasteiger partial charge in [0.1, 0.15) is 12.4 Å². The van der Waals surface area contributed by atoms with E-state index < -0.39 is 0 Å². The Labute approximate surface area is 148 Å². The van der Waals surface area contributed by atoms with Crippen molar-refractivity contribution in [2.75, 3.05) is 6.61 Å². The molecule has 0 aliphatic rings. The van der Waals surface area contributed by atoms with Crippen LogP contribution in [0.3, 0.4) is 0 Å². The van der Waals surface area contributed by atoms with Gasteiger partial charge in [0, 0.05) is 10.6 Å². The van der Waals surface area contributed by atoms with Gasteiger partial charge < -0.3 is 4.74 Å². The van der Waals surface area contributed by atoms with Crippen LogP contribution >= 0.6 is 34.2 Å². The average Bonchev–Trinajstić information content (AvgIpc) is 2.52. The maximum atomic E-state index is 9.39. The predicted octanol–water partition coefficient (Wildman–Crippen LogP) is 5.57. The molecule has 0 saturated carbocycles. The standard InChI is InChI=1S/C18H13ClINO/c1-2-9-22-18-8-7-13(11-17(18)20)10-14(12-21)15-5-3-4-6-16(15)19/h2-8,10-11H,1,9H2. The third-order valence-corrected chi connectivity index (χ3v) is 4.08. The van der Waals surface area contributed by atoms with Crippen LogP contribution in [0.2, 0.25) is 5.02 Å². The highest BCUT2D eigenvalue weighted by atomic mass is 127. The first-order chi connectivity index (χ1) is 10.7. The van der Waals surface area contributed by atoms with Gasteiger partial charge in [-0.2, -0.15) is 5.26 Å².